The van der Waals surface area contributed by atoms with Crippen LogP contribution in [-0.2, 0) is 0 Å². The average Bonchev–Trinajstić information content (AvgIpc) is 2.41. The van der Waals surface area contributed by atoms with Gasteiger partial charge in [0.25, 0.3) is 0 Å². The lowest BCUT2D eigenvalue weighted by molar-refractivity contribution is 0.469. The molecule has 0 aliphatic rings. The van der Waals surface area contributed by atoms with Gasteiger partial charge in [0.1, 0.15) is 17.3 Å². The first-order chi connectivity index (χ1) is 9.53. The van der Waals surface area contributed by atoms with Crippen molar-refractivity contribution >= 4 is 0 Å². The molecule has 98 valence electrons. The molecule has 0 fully saturated rings. The van der Waals surface area contributed by atoms with Crippen LogP contribution in [0.15, 0.2) is 30.3 Å². The van der Waals surface area contributed by atoms with Crippen molar-refractivity contribution in [2.24, 2.45) is 0 Å². The topological polar surface area (TPSA) is 56.8 Å². The molecule has 3 nitrogen and oxygen atoms in total. The summed E-state index contributed by atoms with van der Waals surface area (Å²) in [6.45, 7) is 3.63. The normalized spacial score (nSPS) is 9.65. The summed E-state index contributed by atoms with van der Waals surface area (Å²) in [7, 11) is 0. The van der Waals surface area contributed by atoms with Gasteiger partial charge in [-0.25, -0.2) is 4.39 Å². The van der Waals surface area contributed by atoms with Crippen molar-refractivity contribution in [1.82, 2.24) is 0 Å². The van der Waals surface area contributed by atoms with Crippen LogP contribution in [0, 0.1) is 42.3 Å². The van der Waals surface area contributed by atoms with Crippen LogP contribution in [-0.4, -0.2) is 0 Å². The minimum atomic E-state index is -0.525. The molecule has 0 spiro atoms. The van der Waals surface area contributed by atoms with Crippen molar-refractivity contribution in [3.63, 3.8) is 0 Å². The molecule has 0 bridgehead atoms. The molecule has 2 aromatic carbocycles. The van der Waals surface area contributed by atoms with Crippen LogP contribution in [0.25, 0.3) is 0 Å². The molecular weight excluding hydrogens is 255 g/mol. The van der Waals surface area contributed by atoms with Crippen molar-refractivity contribution in [1.29, 1.82) is 10.5 Å². The second-order valence-electron chi connectivity index (χ2n) is 4.44. The second kappa shape index (κ2) is 5.42. The van der Waals surface area contributed by atoms with Crippen LogP contribution in [0.2, 0.25) is 0 Å². The summed E-state index contributed by atoms with van der Waals surface area (Å²) in [6, 6.07) is 11.2. The van der Waals surface area contributed by atoms with Gasteiger partial charge in [0.2, 0.25) is 0 Å². The van der Waals surface area contributed by atoms with E-state index >= 15 is 0 Å². The van der Waals surface area contributed by atoms with E-state index in [4.69, 9.17) is 15.3 Å². The quantitative estimate of drug-likeness (QED) is 0.826. The molecule has 2 rings (SSSR count). The molecule has 0 heterocycles. The van der Waals surface area contributed by atoms with Crippen LogP contribution in [0.4, 0.5) is 4.39 Å². The van der Waals surface area contributed by atoms with Crippen LogP contribution in [0.3, 0.4) is 0 Å². The van der Waals surface area contributed by atoms with E-state index in [1.165, 1.54) is 12.1 Å². The lowest BCUT2D eigenvalue weighted by Crippen LogP contribution is -1.94. The number of benzene rings is 2. The van der Waals surface area contributed by atoms with E-state index in [2.05, 4.69) is 6.07 Å². The first-order valence-electron chi connectivity index (χ1n) is 5.93. The summed E-state index contributed by atoms with van der Waals surface area (Å²) in [6.07, 6.45) is 0. The molecular formula is C16H11FN2O. The number of aryl methyl sites for hydroxylation is 2. The van der Waals surface area contributed by atoms with E-state index in [0.717, 1.165) is 17.2 Å². The van der Waals surface area contributed by atoms with E-state index in [-0.39, 0.29) is 11.3 Å². The standard InChI is InChI=1S/C16H11FN2O/c1-10-3-12(8-18)4-11(2)16(10)20-15-6-13(9-19)5-14(17)7-15/h3-7H,1-2H3. The number of nitriles is 2. The van der Waals surface area contributed by atoms with Crippen LogP contribution >= 0.6 is 0 Å². The third-order valence-electron chi connectivity index (χ3n) is 2.81. The highest BCUT2D eigenvalue weighted by atomic mass is 19.1. The number of ether oxygens (including phenoxy) is 1. The minimum Gasteiger partial charge on any atom is -0.457 e. The zero-order valence-corrected chi connectivity index (χ0v) is 11.1. The third kappa shape index (κ3) is 2.76. The lowest BCUT2D eigenvalue weighted by Gasteiger charge is -2.12. The van der Waals surface area contributed by atoms with Gasteiger partial charge in [-0.3, -0.25) is 0 Å². The zero-order valence-electron chi connectivity index (χ0n) is 11.1. The van der Waals surface area contributed by atoms with Gasteiger partial charge in [0, 0.05) is 6.07 Å². The summed E-state index contributed by atoms with van der Waals surface area (Å²) >= 11 is 0. The Labute approximate surface area is 116 Å². The Bertz CT molecular complexity index is 731. The molecule has 0 saturated heterocycles. The number of halogens is 1. The van der Waals surface area contributed by atoms with Gasteiger partial charge in [-0.05, 0) is 49.2 Å². The fourth-order valence-corrected chi connectivity index (χ4v) is 1.98. The smallest absolute Gasteiger partial charge is 0.133 e. The number of rotatable bonds is 2. The Hall–Kier alpha value is -2.85. The van der Waals surface area contributed by atoms with Crippen molar-refractivity contribution in [3.8, 4) is 23.6 Å². The number of hydrogen-bond acceptors (Lipinski definition) is 3. The van der Waals surface area contributed by atoms with Gasteiger partial charge in [-0.15, -0.1) is 0 Å². The SMILES string of the molecule is Cc1cc(C#N)cc(C)c1Oc1cc(F)cc(C#N)c1. The fraction of sp³-hybridized carbons (Fsp3) is 0.125. The molecule has 0 aromatic heterocycles. The molecule has 0 amide bonds. The van der Waals surface area contributed by atoms with E-state index in [9.17, 15) is 4.39 Å². The molecule has 0 unspecified atom stereocenters. The maximum atomic E-state index is 13.4. The third-order valence-corrected chi connectivity index (χ3v) is 2.81. The molecule has 0 saturated carbocycles. The first kappa shape index (κ1) is 13.6. The van der Waals surface area contributed by atoms with E-state index < -0.39 is 5.82 Å². The van der Waals surface area contributed by atoms with Gasteiger partial charge < -0.3 is 4.74 Å². The number of nitrogens with zero attached hydrogens (tertiary/aromatic N) is 2. The molecule has 0 atom stereocenters. The predicted octanol–water partition coefficient (Wildman–Crippen LogP) is 3.98. The van der Waals surface area contributed by atoms with Crippen LogP contribution < -0.4 is 4.74 Å². The Morgan fingerprint density at radius 3 is 2.00 bits per heavy atom. The summed E-state index contributed by atoms with van der Waals surface area (Å²) in [4.78, 5) is 0. The van der Waals surface area contributed by atoms with Crippen molar-refractivity contribution in [3.05, 3.63) is 58.4 Å². The highest BCUT2D eigenvalue weighted by Gasteiger charge is 2.09. The summed E-state index contributed by atoms with van der Waals surface area (Å²) in [5.74, 6) is 0.305. The first-order valence-corrected chi connectivity index (χ1v) is 5.93. The minimum absolute atomic E-state index is 0.198. The highest BCUT2D eigenvalue weighted by Crippen LogP contribution is 2.30. The van der Waals surface area contributed by atoms with Crippen molar-refractivity contribution in [2.75, 3.05) is 0 Å². The highest BCUT2D eigenvalue weighted by molar-refractivity contribution is 5.49. The molecule has 0 aliphatic heterocycles. The Morgan fingerprint density at radius 2 is 1.45 bits per heavy atom. The summed E-state index contributed by atoms with van der Waals surface area (Å²) < 4.78 is 19.0. The average molecular weight is 266 g/mol. The Morgan fingerprint density at radius 1 is 0.900 bits per heavy atom. The molecule has 20 heavy (non-hydrogen) atoms. The second-order valence-corrected chi connectivity index (χ2v) is 4.44. The summed E-state index contributed by atoms with van der Waals surface area (Å²) in [5, 5.41) is 17.7. The van der Waals surface area contributed by atoms with Gasteiger partial charge in [0.15, 0.2) is 0 Å². The zero-order chi connectivity index (χ0) is 14.7. The van der Waals surface area contributed by atoms with Crippen molar-refractivity contribution < 1.29 is 9.13 Å². The predicted molar refractivity (Wildman–Crippen MR) is 71.8 cm³/mol. The fourth-order valence-electron chi connectivity index (χ4n) is 1.98. The summed E-state index contributed by atoms with van der Waals surface area (Å²) in [5.41, 5.74) is 2.31. The monoisotopic (exact) mass is 266 g/mol. The Kier molecular flexibility index (Phi) is 3.68. The molecule has 2 aromatic rings. The largest absolute Gasteiger partial charge is 0.457 e. The molecule has 0 radical (unpaired) electrons. The van der Waals surface area contributed by atoms with Gasteiger partial charge in [-0.1, -0.05) is 0 Å². The van der Waals surface area contributed by atoms with E-state index in [0.29, 0.717) is 11.3 Å². The number of hydrogen-bond donors (Lipinski definition) is 0. The maximum Gasteiger partial charge on any atom is 0.133 e. The maximum absolute atomic E-state index is 13.4. The van der Waals surface area contributed by atoms with Crippen LogP contribution in [0.5, 0.6) is 11.5 Å². The van der Waals surface area contributed by atoms with E-state index in [1.54, 1.807) is 12.1 Å². The van der Waals surface area contributed by atoms with Gasteiger partial charge in [-0.2, -0.15) is 10.5 Å². The van der Waals surface area contributed by atoms with Gasteiger partial charge in [0.05, 0.1) is 23.3 Å². The lowest BCUT2D eigenvalue weighted by atomic mass is 10.1. The van der Waals surface area contributed by atoms with Gasteiger partial charge >= 0.3 is 0 Å². The Balaban J connectivity index is 2.43. The molecule has 4 heteroatoms. The van der Waals surface area contributed by atoms with Crippen LogP contribution in [0.1, 0.15) is 22.3 Å². The molecule has 0 N–H and O–H groups in total. The molecule has 0 aliphatic carbocycles. The van der Waals surface area contributed by atoms with E-state index in [1.807, 2.05) is 19.9 Å². The van der Waals surface area contributed by atoms with Crippen molar-refractivity contribution in [2.45, 2.75) is 13.8 Å².